The summed E-state index contributed by atoms with van der Waals surface area (Å²) in [6.45, 7) is 0. The fraction of sp³-hybridized carbons (Fsp3) is 0. The van der Waals surface area contributed by atoms with Crippen LogP contribution in [0.1, 0.15) is 0 Å². The van der Waals surface area contributed by atoms with E-state index in [4.69, 9.17) is 0 Å². The van der Waals surface area contributed by atoms with Gasteiger partial charge in [0.15, 0.2) is 0 Å². The Morgan fingerprint density at radius 1 is 0.267 bits per heavy atom. The van der Waals surface area contributed by atoms with Crippen LogP contribution in [0.25, 0.3) is 0 Å². The molecule has 0 fully saturated rings. The molecule has 0 aliphatic rings. The Hall–Kier alpha value is 2.11. The number of hydrogen-bond donors (Lipinski definition) is 0. The van der Waals surface area contributed by atoms with Gasteiger partial charge in [0.1, 0.15) is 0 Å². The van der Waals surface area contributed by atoms with Crippen molar-refractivity contribution in [1.82, 2.24) is 0 Å². The van der Waals surface area contributed by atoms with Gasteiger partial charge >= 0.3 is 83.3 Å². The van der Waals surface area contributed by atoms with Gasteiger partial charge in [0.25, 0.3) is 0 Å². The van der Waals surface area contributed by atoms with E-state index in [-0.39, 0.29) is 138 Å². The van der Waals surface area contributed by atoms with E-state index < -0.39 is 0 Å². The van der Waals surface area contributed by atoms with Gasteiger partial charge in [-0.1, -0.05) is 0 Å². The Labute approximate surface area is 137 Å². The van der Waals surface area contributed by atoms with E-state index in [0.29, 0.717) is 0 Å². The fourth-order valence-corrected chi connectivity index (χ4v) is 0. The van der Waals surface area contributed by atoms with E-state index >= 15 is 0 Å². The molecule has 0 unspecified atom stereocenters. The van der Waals surface area contributed by atoms with Crippen LogP contribution in [0.4, 0.5) is 0 Å². The Bertz CT molecular complexity index is 20.6. The maximum Gasteiger partial charge on any atom is 2.00 e. The van der Waals surface area contributed by atoms with Gasteiger partial charge in [0.2, 0.25) is 0 Å². The summed E-state index contributed by atoms with van der Waals surface area (Å²) in [5.41, 5.74) is 0. The second kappa shape index (κ2) is 828. The minimum atomic E-state index is 0. The van der Waals surface area contributed by atoms with Gasteiger partial charge in [-0.3, -0.25) is 0 Å². The molecule has 0 aromatic rings. The van der Waals surface area contributed by atoms with Crippen molar-refractivity contribution in [3.05, 3.63) is 0 Å². The van der Waals surface area contributed by atoms with Crippen LogP contribution in [0.15, 0.2) is 0 Å². The molecular formula is H10CoMnNi3O10. The zero-order valence-electron chi connectivity index (χ0n) is 6.13. The molecule has 0 bridgehead atoms. The van der Waals surface area contributed by atoms with Crippen molar-refractivity contribution in [3.63, 3.8) is 0 Å². The van der Waals surface area contributed by atoms with Gasteiger partial charge in [0, 0.05) is 0 Å². The summed E-state index contributed by atoms with van der Waals surface area (Å²) in [4.78, 5) is 0. The first-order chi connectivity index (χ1) is 0. The molecule has 0 aliphatic heterocycles. The molecule has 10 N–H and O–H groups in total. The molecule has 0 aromatic heterocycles. The van der Waals surface area contributed by atoms with Gasteiger partial charge in [-0.2, -0.15) is 0 Å². The van der Waals surface area contributed by atoms with E-state index in [2.05, 4.69) is 0 Å². The molecule has 10 nitrogen and oxygen atoms in total. The van der Waals surface area contributed by atoms with Crippen molar-refractivity contribution in [2.75, 3.05) is 0 Å². The van der Waals surface area contributed by atoms with Gasteiger partial charge in [-0.05, 0) is 0 Å². The Morgan fingerprint density at radius 3 is 0.267 bits per heavy atom. The molecule has 0 heterocycles. The first kappa shape index (κ1) is 1000. The third kappa shape index (κ3) is 722. The average Bonchev–Trinajstić information content (AvgIpc) is 0. The third-order valence-corrected chi connectivity index (χ3v) is 0. The zero-order chi connectivity index (χ0) is 0. The molecule has 0 atom stereocenters. The van der Waals surface area contributed by atoms with Gasteiger partial charge in [0.05, 0.1) is 0 Å². The van der Waals surface area contributed by atoms with Crippen molar-refractivity contribution in [3.8, 4) is 0 Å². The van der Waals surface area contributed by atoms with Crippen molar-refractivity contribution >= 4 is 0 Å². The van der Waals surface area contributed by atoms with Crippen LogP contribution >= 0.6 is 0 Å². The van der Waals surface area contributed by atoms with Crippen LogP contribution in [-0.4, -0.2) is 54.8 Å². The van der Waals surface area contributed by atoms with Crippen LogP contribution in [0.3, 0.4) is 0 Å². The number of rotatable bonds is 0. The summed E-state index contributed by atoms with van der Waals surface area (Å²) in [5, 5.41) is 0. The van der Waals surface area contributed by atoms with E-state index in [1.165, 1.54) is 0 Å². The van der Waals surface area contributed by atoms with Gasteiger partial charge in [-0.15, -0.1) is 0 Å². The monoisotopic (exact) mass is 458 g/mol. The minimum absolute atomic E-state index is 0. The Balaban J connectivity index is 0. The van der Waals surface area contributed by atoms with Crippen LogP contribution in [0.5, 0.6) is 0 Å². The Morgan fingerprint density at radius 2 is 0.267 bits per heavy atom. The normalized spacial score (nSPS) is 0. The summed E-state index contributed by atoms with van der Waals surface area (Å²) in [5.74, 6) is 0. The fourth-order valence-electron chi connectivity index (χ4n) is 0. The molecule has 0 saturated heterocycles. The topological polar surface area (TPSA) is 300 Å². The summed E-state index contributed by atoms with van der Waals surface area (Å²) in [6, 6.07) is 0. The summed E-state index contributed by atoms with van der Waals surface area (Å²) in [7, 11) is 0. The van der Waals surface area contributed by atoms with Gasteiger partial charge in [-0.25, -0.2) is 0 Å². The van der Waals surface area contributed by atoms with Crippen LogP contribution in [-0.2, 0) is 83.3 Å². The summed E-state index contributed by atoms with van der Waals surface area (Å²) >= 11 is 0. The molecule has 2 radical (unpaired) electrons. The molecular weight excluding hydrogens is 450 g/mol. The molecule has 0 rings (SSSR count). The summed E-state index contributed by atoms with van der Waals surface area (Å²) < 4.78 is 0. The van der Waals surface area contributed by atoms with Crippen molar-refractivity contribution in [1.29, 1.82) is 0 Å². The minimum Gasteiger partial charge on any atom is -0.870 e. The molecule has 15 heteroatoms. The maximum atomic E-state index is 0. The van der Waals surface area contributed by atoms with Crippen LogP contribution in [0.2, 0.25) is 0 Å². The quantitative estimate of drug-likeness (QED) is 0.366. The smallest absolute Gasteiger partial charge is 0.870 e. The molecule has 0 spiro atoms. The predicted octanol–water partition coefficient (Wildman–Crippen LogP) is -1.78. The zero-order valence-corrected chi connectivity index (χ0v) is 11.3. The molecule has 0 aromatic carbocycles. The summed E-state index contributed by atoms with van der Waals surface area (Å²) in [6.07, 6.45) is 0. The van der Waals surface area contributed by atoms with Crippen molar-refractivity contribution < 1.29 is 138 Å². The molecule has 0 saturated carbocycles. The second-order valence-corrected chi connectivity index (χ2v) is 0. The predicted molar refractivity (Wildman–Crippen MR) is 19.4 cm³/mol. The molecule has 15 heavy (non-hydrogen) atoms. The molecule has 116 valence electrons. The van der Waals surface area contributed by atoms with E-state index in [9.17, 15) is 0 Å². The number of hydrogen-bond acceptors (Lipinski definition) is 10. The van der Waals surface area contributed by atoms with E-state index in [0.717, 1.165) is 0 Å². The van der Waals surface area contributed by atoms with Crippen molar-refractivity contribution in [2.45, 2.75) is 0 Å². The first-order valence-corrected chi connectivity index (χ1v) is 0. The first-order valence-electron chi connectivity index (χ1n) is 0. The second-order valence-electron chi connectivity index (χ2n) is 0. The largest absolute Gasteiger partial charge is 2.00 e. The standard InChI is InChI=1S/Co.Mn.3Ni.10H2O/h;;;;;10*1H2/q5*+2;;;;;;;;;;/p-10. The maximum absolute atomic E-state index is 0. The van der Waals surface area contributed by atoms with E-state index in [1.54, 1.807) is 0 Å². The van der Waals surface area contributed by atoms with Crippen LogP contribution < -0.4 is 0 Å². The Kier molecular flexibility index (Phi) is 55200. The van der Waals surface area contributed by atoms with Gasteiger partial charge < -0.3 is 54.8 Å². The SMILES string of the molecule is [Co+2].[Mn+2].[Ni+2].[Ni+2].[Ni+2].[OH-].[OH-].[OH-].[OH-].[OH-].[OH-].[OH-].[OH-].[OH-].[OH-]. The van der Waals surface area contributed by atoms with E-state index in [1.807, 2.05) is 0 Å². The molecule has 0 aliphatic carbocycles. The van der Waals surface area contributed by atoms with Crippen molar-refractivity contribution in [2.24, 2.45) is 0 Å². The van der Waals surface area contributed by atoms with Crippen LogP contribution in [0, 0.1) is 0 Å². The third-order valence-electron chi connectivity index (χ3n) is 0. The average molecular weight is 460 g/mol. The molecule has 0 amide bonds.